The molecule has 3 aromatic rings. The van der Waals surface area contributed by atoms with Crippen LogP contribution < -0.4 is 0 Å². The predicted molar refractivity (Wildman–Crippen MR) is 191 cm³/mol. The Morgan fingerprint density at radius 1 is 0.590 bits per heavy atom. The van der Waals surface area contributed by atoms with Crippen LogP contribution in [0.25, 0.3) is 5.57 Å². The third-order valence-corrected chi connectivity index (χ3v) is 10.2. The highest BCUT2D eigenvalue weighted by atomic mass is 19.4. The maximum atomic E-state index is 15.5. The van der Waals surface area contributed by atoms with Crippen LogP contribution in [0.4, 0.5) is 70.2 Å². The average molecular weight is 886 g/mol. The molecule has 3 heterocycles. The largest absolute Gasteiger partial charge is 0.666 e. The van der Waals surface area contributed by atoms with Gasteiger partial charge in [-0.2, -0.15) is 52.7 Å². The van der Waals surface area contributed by atoms with Crippen molar-refractivity contribution in [2.75, 3.05) is 13.2 Å². The van der Waals surface area contributed by atoms with E-state index in [-0.39, 0.29) is 50.6 Å². The van der Waals surface area contributed by atoms with E-state index in [9.17, 15) is 52.7 Å². The first-order chi connectivity index (χ1) is 28.0. The molecule has 0 unspecified atom stereocenters. The van der Waals surface area contributed by atoms with Gasteiger partial charge in [-0.1, -0.05) is 60.1 Å². The standard InChI is InChI=1S/C40H31BF16N2O2/c1-22-29(18-16-27-12-8-6-9-13-27)25(4)58-31(22)24(3)32-23(2)30(19-17-28-14-10-7-11-15-28)26(5)59(32)41(58,60-20-35(46,47)39(54,55)37(50,51)33(42)43)61-21-36(48,49)40(56,57)38(52,53)34(44)45/h6-15,33-34H,20-21H2,1-5H3. The monoisotopic (exact) mass is 886 g/mol. The zero-order chi connectivity index (χ0) is 45.9. The highest BCUT2D eigenvalue weighted by Crippen LogP contribution is 2.52. The van der Waals surface area contributed by atoms with E-state index in [2.05, 4.69) is 23.7 Å². The fraction of sp³-hybridized carbons (Fsp3) is 0.375. The molecule has 0 radical (unpaired) electrons. The number of aromatic nitrogens is 1. The van der Waals surface area contributed by atoms with E-state index in [1.807, 2.05) is 0 Å². The molecule has 0 bridgehead atoms. The summed E-state index contributed by atoms with van der Waals surface area (Å²) in [6.45, 7) is -5.00. The Hall–Kier alpha value is -5.15. The van der Waals surface area contributed by atoms with E-state index in [1.165, 1.54) is 45.0 Å². The van der Waals surface area contributed by atoms with Crippen LogP contribution in [-0.4, -0.2) is 83.1 Å². The first-order valence-corrected chi connectivity index (χ1v) is 17.7. The van der Waals surface area contributed by atoms with Gasteiger partial charge in [0.15, 0.2) is 5.70 Å². The lowest BCUT2D eigenvalue weighted by atomic mass is 9.79. The highest BCUT2D eigenvalue weighted by molar-refractivity contribution is 6.60. The number of alkyl halides is 16. The van der Waals surface area contributed by atoms with Crippen molar-refractivity contribution < 1.29 is 84.0 Å². The van der Waals surface area contributed by atoms with Gasteiger partial charge in [0.2, 0.25) is 0 Å². The van der Waals surface area contributed by atoms with Crippen molar-refractivity contribution in [3.63, 3.8) is 0 Å². The molecule has 0 atom stereocenters. The van der Waals surface area contributed by atoms with Crippen LogP contribution in [0.2, 0.25) is 0 Å². The van der Waals surface area contributed by atoms with Gasteiger partial charge in [-0.3, -0.25) is 0 Å². The van der Waals surface area contributed by atoms with Crippen LogP contribution in [0.15, 0.2) is 77.5 Å². The Kier molecular flexibility index (Phi) is 12.3. The second kappa shape index (κ2) is 16.0. The van der Waals surface area contributed by atoms with Crippen molar-refractivity contribution in [2.24, 2.45) is 0 Å². The first kappa shape index (κ1) is 46.9. The number of fused-ring (bicyclic) bond motifs is 2. The lowest BCUT2D eigenvalue weighted by Crippen LogP contribution is -2.68. The van der Waals surface area contributed by atoms with E-state index >= 15 is 17.6 Å². The third kappa shape index (κ3) is 7.51. The normalized spacial score (nSPS) is 16.2. The molecule has 61 heavy (non-hydrogen) atoms. The number of benzene rings is 2. The van der Waals surface area contributed by atoms with Crippen molar-refractivity contribution >= 4 is 18.1 Å². The molecule has 1 aromatic heterocycles. The molecule has 2 aliphatic rings. The lowest BCUT2D eigenvalue weighted by Gasteiger charge is -2.45. The Morgan fingerprint density at radius 2 is 1.00 bits per heavy atom. The number of hydrogen-bond acceptors (Lipinski definition) is 2. The van der Waals surface area contributed by atoms with E-state index < -0.39 is 68.4 Å². The molecule has 5 rings (SSSR count). The fourth-order valence-corrected chi connectivity index (χ4v) is 7.08. The minimum Gasteiger partial charge on any atom is -0.479 e. The Morgan fingerprint density at radius 3 is 1.41 bits per heavy atom. The van der Waals surface area contributed by atoms with E-state index in [0.29, 0.717) is 20.1 Å². The quantitative estimate of drug-likeness (QED) is 0.103. The van der Waals surface area contributed by atoms with Gasteiger partial charge < -0.3 is 18.3 Å². The smallest absolute Gasteiger partial charge is 0.479 e. The number of nitrogens with zero attached hydrogens (tertiary/aromatic N) is 2. The predicted octanol–water partition coefficient (Wildman–Crippen LogP) is 10.8. The molecule has 0 fully saturated rings. The van der Waals surface area contributed by atoms with Gasteiger partial charge in [-0.25, -0.2) is 17.6 Å². The van der Waals surface area contributed by atoms with Crippen LogP contribution in [0.5, 0.6) is 0 Å². The molecule has 4 nitrogen and oxygen atoms in total. The molecule has 328 valence electrons. The average Bonchev–Trinajstić information content (AvgIpc) is 3.60. The second-order valence-electron chi connectivity index (χ2n) is 14.1. The molecular formula is C40H31BF16N2O2. The van der Waals surface area contributed by atoms with Crippen LogP contribution in [0.1, 0.15) is 54.4 Å². The van der Waals surface area contributed by atoms with Gasteiger partial charge >= 0.3 is 55.2 Å². The van der Waals surface area contributed by atoms with Crippen molar-refractivity contribution in [2.45, 2.75) is 83.0 Å². The number of hydrogen-bond donors (Lipinski definition) is 0. The molecule has 2 aromatic carbocycles. The summed E-state index contributed by atoms with van der Waals surface area (Å²) >= 11 is 0. The summed E-state index contributed by atoms with van der Waals surface area (Å²) < 4.78 is 241. The topological polar surface area (TPSA) is 26.4 Å². The van der Waals surface area contributed by atoms with Crippen molar-refractivity contribution in [3.05, 3.63) is 111 Å². The SMILES string of the molecule is CC1=C(C#Cc2ccccc2)C(C)=[N+]2C1=C(C)c1c(C)c(C#Cc3ccccc3)c(C)n1[B-]2(OCC(F)(F)C(F)(F)C(F)(F)C(F)F)OCC(F)(F)C(F)(F)C(F)(F)C(F)F. The molecule has 0 spiro atoms. The summed E-state index contributed by atoms with van der Waals surface area (Å²) in [6, 6.07) is 15.8. The Bertz CT molecular complexity index is 2370. The van der Waals surface area contributed by atoms with Gasteiger partial charge in [0, 0.05) is 46.1 Å². The summed E-state index contributed by atoms with van der Waals surface area (Å²) in [6.07, 6.45) is -10.8. The van der Waals surface area contributed by atoms with Crippen molar-refractivity contribution in [1.29, 1.82) is 0 Å². The van der Waals surface area contributed by atoms with Crippen LogP contribution in [-0.2, 0) is 9.31 Å². The minimum atomic E-state index is -6.98. The van der Waals surface area contributed by atoms with Crippen molar-refractivity contribution in [3.8, 4) is 23.7 Å². The summed E-state index contributed by atoms with van der Waals surface area (Å²) in [5, 5.41) is 0. The lowest BCUT2D eigenvalue weighted by molar-refractivity contribution is -0.401. The zero-order valence-electron chi connectivity index (χ0n) is 32.2. The van der Waals surface area contributed by atoms with Crippen LogP contribution >= 0.6 is 0 Å². The Labute approximate surface area is 337 Å². The van der Waals surface area contributed by atoms with E-state index in [1.54, 1.807) is 36.4 Å². The molecule has 0 aliphatic carbocycles. The van der Waals surface area contributed by atoms with Crippen molar-refractivity contribution in [1.82, 2.24) is 4.48 Å². The summed E-state index contributed by atoms with van der Waals surface area (Å²) in [5.41, 5.74) is -0.630. The maximum Gasteiger partial charge on any atom is 0.666 e. The van der Waals surface area contributed by atoms with Crippen LogP contribution in [0.3, 0.4) is 0 Å². The molecule has 21 heteroatoms. The molecule has 0 saturated carbocycles. The molecule has 2 aliphatic heterocycles. The second-order valence-corrected chi connectivity index (χ2v) is 14.1. The van der Waals surface area contributed by atoms with E-state index in [0.717, 1.165) is 13.8 Å². The van der Waals surface area contributed by atoms with E-state index in [4.69, 9.17) is 9.31 Å². The molecule has 0 saturated heterocycles. The first-order valence-electron chi connectivity index (χ1n) is 17.7. The number of rotatable bonds is 12. The summed E-state index contributed by atoms with van der Waals surface area (Å²) in [4.78, 5) is 0. The van der Waals surface area contributed by atoms with Crippen LogP contribution in [0, 0.1) is 37.5 Å². The summed E-state index contributed by atoms with van der Waals surface area (Å²) in [7, 11) is 0. The third-order valence-electron chi connectivity index (χ3n) is 10.2. The molecular weight excluding hydrogens is 855 g/mol. The number of halogens is 16. The van der Waals surface area contributed by atoms with Gasteiger partial charge in [-0.05, 0) is 57.5 Å². The number of allylic oxidation sites excluding steroid dienone is 3. The van der Waals surface area contributed by atoms with Gasteiger partial charge in [0.1, 0.15) is 5.71 Å². The summed E-state index contributed by atoms with van der Waals surface area (Å²) in [5.74, 6) is -29.2. The van der Waals surface area contributed by atoms with Gasteiger partial charge in [-0.15, -0.1) is 0 Å². The molecule has 0 N–H and O–H groups in total. The fourth-order valence-electron chi connectivity index (χ4n) is 7.08. The minimum absolute atomic E-state index is 0.0287. The zero-order valence-corrected chi connectivity index (χ0v) is 32.2. The van der Waals surface area contributed by atoms with Gasteiger partial charge in [0.25, 0.3) is 0 Å². The Balaban J connectivity index is 1.88. The maximum absolute atomic E-state index is 15.5. The highest BCUT2D eigenvalue weighted by Gasteiger charge is 2.77. The van der Waals surface area contributed by atoms with Gasteiger partial charge in [0.05, 0.1) is 18.8 Å². The molecule has 0 amide bonds.